The molecule has 0 spiro atoms. The zero-order valence-corrected chi connectivity index (χ0v) is 21.3. The zero-order valence-electron chi connectivity index (χ0n) is 21.3. The summed E-state index contributed by atoms with van der Waals surface area (Å²) in [5.41, 5.74) is 6.56. The lowest BCUT2D eigenvalue weighted by molar-refractivity contribution is 0.450. The maximum Gasteiger partial charge on any atom is 0.118 e. The van der Waals surface area contributed by atoms with Gasteiger partial charge in [-0.05, 0) is 75.6 Å². The molecule has 4 aromatic carbocycles. The van der Waals surface area contributed by atoms with Crippen LogP contribution in [-0.2, 0) is 30.1 Å². The van der Waals surface area contributed by atoms with E-state index in [1.54, 1.807) is 0 Å². The van der Waals surface area contributed by atoms with Crippen molar-refractivity contribution in [3.63, 3.8) is 0 Å². The van der Waals surface area contributed by atoms with Crippen LogP contribution >= 0.6 is 0 Å². The van der Waals surface area contributed by atoms with E-state index in [0.29, 0.717) is 11.5 Å². The van der Waals surface area contributed by atoms with Crippen LogP contribution in [0.5, 0.6) is 11.5 Å². The molecular weight excluding hydrogens is 428 g/mol. The Morgan fingerprint density at radius 2 is 0.886 bits per heavy atom. The highest BCUT2D eigenvalue weighted by atomic mass is 16.3. The molecule has 0 saturated heterocycles. The van der Waals surface area contributed by atoms with Crippen molar-refractivity contribution >= 4 is 0 Å². The minimum absolute atomic E-state index is 0.0912. The number of phenolic OH excluding ortho intramolecular Hbond substituents is 2. The standard InChI is InChI=1S/C33H36O2/c1-32(2,28-11-7-5-8-12-28)22-26-20-24(15-17-30(26)34)19-25-16-18-31(35)27(21-25)23-33(3,4)29-13-9-6-10-14-29/h5-18,20-21,34-35H,19,22-23H2,1-4H3. The first-order chi connectivity index (χ1) is 16.6. The molecule has 0 saturated carbocycles. The molecule has 2 N–H and O–H groups in total. The van der Waals surface area contributed by atoms with Gasteiger partial charge >= 0.3 is 0 Å². The number of benzene rings is 4. The molecule has 0 aromatic heterocycles. The molecule has 0 aliphatic heterocycles. The lowest BCUT2D eigenvalue weighted by atomic mass is 9.78. The first-order valence-corrected chi connectivity index (χ1v) is 12.4. The third-order valence-corrected chi connectivity index (χ3v) is 7.07. The Balaban J connectivity index is 1.55. The van der Waals surface area contributed by atoms with Crippen LogP contribution in [0.2, 0.25) is 0 Å². The van der Waals surface area contributed by atoms with Crippen molar-refractivity contribution < 1.29 is 10.2 Å². The number of phenols is 2. The van der Waals surface area contributed by atoms with Crippen LogP contribution in [0.1, 0.15) is 61.1 Å². The largest absolute Gasteiger partial charge is 0.508 e. The van der Waals surface area contributed by atoms with Gasteiger partial charge in [0.1, 0.15) is 11.5 Å². The summed E-state index contributed by atoms with van der Waals surface area (Å²) in [5, 5.41) is 21.2. The second-order valence-electron chi connectivity index (χ2n) is 11.0. The molecule has 0 fully saturated rings. The van der Waals surface area contributed by atoms with Crippen molar-refractivity contribution in [3.8, 4) is 11.5 Å². The van der Waals surface area contributed by atoms with Gasteiger partial charge in [-0.25, -0.2) is 0 Å². The van der Waals surface area contributed by atoms with E-state index in [2.05, 4.69) is 88.4 Å². The van der Waals surface area contributed by atoms with E-state index in [9.17, 15) is 10.2 Å². The van der Waals surface area contributed by atoms with Gasteiger partial charge in [0, 0.05) is 0 Å². The van der Waals surface area contributed by atoms with Crippen molar-refractivity contribution in [1.29, 1.82) is 0 Å². The third kappa shape index (κ3) is 5.95. The fraction of sp³-hybridized carbons (Fsp3) is 0.273. The SMILES string of the molecule is CC(C)(Cc1cc(Cc2ccc(O)c(CC(C)(C)c3ccccc3)c2)ccc1O)c1ccccc1. The monoisotopic (exact) mass is 464 g/mol. The molecule has 4 rings (SSSR count). The van der Waals surface area contributed by atoms with Crippen LogP contribution < -0.4 is 0 Å². The Labute approximate surface area is 209 Å². The van der Waals surface area contributed by atoms with Gasteiger partial charge in [-0.1, -0.05) is 113 Å². The van der Waals surface area contributed by atoms with Crippen LogP contribution in [0.4, 0.5) is 0 Å². The normalized spacial score (nSPS) is 12.0. The lowest BCUT2D eigenvalue weighted by Crippen LogP contribution is -2.20. The third-order valence-electron chi connectivity index (χ3n) is 7.07. The Hall–Kier alpha value is -3.52. The van der Waals surface area contributed by atoms with Crippen molar-refractivity contribution in [2.45, 2.75) is 57.8 Å². The van der Waals surface area contributed by atoms with E-state index in [0.717, 1.165) is 41.5 Å². The topological polar surface area (TPSA) is 40.5 Å². The summed E-state index contributed by atoms with van der Waals surface area (Å²) in [4.78, 5) is 0. The molecule has 2 nitrogen and oxygen atoms in total. The van der Waals surface area contributed by atoms with Gasteiger partial charge in [-0.3, -0.25) is 0 Å². The van der Waals surface area contributed by atoms with Crippen LogP contribution in [0.3, 0.4) is 0 Å². The molecule has 2 heteroatoms. The van der Waals surface area contributed by atoms with Gasteiger partial charge < -0.3 is 10.2 Å². The summed E-state index contributed by atoms with van der Waals surface area (Å²) in [6, 6.07) is 32.8. The van der Waals surface area contributed by atoms with Gasteiger partial charge in [-0.15, -0.1) is 0 Å². The van der Waals surface area contributed by atoms with Gasteiger partial charge in [0.05, 0.1) is 0 Å². The molecule has 0 aliphatic carbocycles. The Morgan fingerprint density at radius 1 is 0.514 bits per heavy atom. The molecule has 0 heterocycles. The highest BCUT2D eigenvalue weighted by molar-refractivity contribution is 5.43. The minimum atomic E-state index is -0.0912. The molecule has 35 heavy (non-hydrogen) atoms. The van der Waals surface area contributed by atoms with E-state index >= 15 is 0 Å². The number of rotatable bonds is 8. The minimum Gasteiger partial charge on any atom is -0.508 e. The van der Waals surface area contributed by atoms with Gasteiger partial charge in [-0.2, -0.15) is 0 Å². The first kappa shape index (κ1) is 24.6. The highest BCUT2D eigenvalue weighted by Gasteiger charge is 2.24. The van der Waals surface area contributed by atoms with E-state index in [1.165, 1.54) is 11.1 Å². The van der Waals surface area contributed by atoms with Crippen molar-refractivity contribution in [3.05, 3.63) is 130 Å². The van der Waals surface area contributed by atoms with Crippen LogP contribution in [0, 0.1) is 0 Å². The summed E-state index contributed by atoms with van der Waals surface area (Å²) < 4.78 is 0. The number of hydrogen-bond acceptors (Lipinski definition) is 2. The maximum absolute atomic E-state index is 10.6. The zero-order chi connectivity index (χ0) is 25.1. The average molecular weight is 465 g/mol. The summed E-state index contributed by atoms with van der Waals surface area (Å²) in [7, 11) is 0. The lowest BCUT2D eigenvalue weighted by Gasteiger charge is -2.26. The fourth-order valence-corrected chi connectivity index (χ4v) is 4.95. The number of hydrogen-bond donors (Lipinski definition) is 2. The predicted molar refractivity (Wildman–Crippen MR) is 145 cm³/mol. The van der Waals surface area contributed by atoms with Crippen molar-refractivity contribution in [2.75, 3.05) is 0 Å². The van der Waals surface area contributed by atoms with E-state index in [1.807, 2.05) is 36.4 Å². The van der Waals surface area contributed by atoms with Crippen LogP contribution in [-0.4, -0.2) is 10.2 Å². The molecule has 0 bridgehead atoms. The Morgan fingerprint density at radius 3 is 1.26 bits per heavy atom. The molecular formula is C33H36O2. The summed E-state index contributed by atoms with van der Waals surface area (Å²) in [6.07, 6.45) is 2.25. The summed E-state index contributed by atoms with van der Waals surface area (Å²) >= 11 is 0. The highest BCUT2D eigenvalue weighted by Crippen LogP contribution is 2.34. The van der Waals surface area contributed by atoms with Crippen LogP contribution in [0.25, 0.3) is 0 Å². The maximum atomic E-state index is 10.6. The Kier molecular flexibility index (Phi) is 7.03. The van der Waals surface area contributed by atoms with Crippen molar-refractivity contribution in [1.82, 2.24) is 0 Å². The average Bonchev–Trinajstić information content (AvgIpc) is 2.84. The first-order valence-electron chi connectivity index (χ1n) is 12.4. The smallest absolute Gasteiger partial charge is 0.118 e. The second kappa shape index (κ2) is 10.00. The summed E-state index contributed by atoms with van der Waals surface area (Å²) in [5.74, 6) is 0.683. The number of aromatic hydroxyl groups is 2. The molecule has 180 valence electrons. The van der Waals surface area contributed by atoms with Crippen molar-refractivity contribution in [2.24, 2.45) is 0 Å². The molecule has 0 atom stereocenters. The van der Waals surface area contributed by atoms with Crippen LogP contribution in [0.15, 0.2) is 97.1 Å². The fourth-order valence-electron chi connectivity index (χ4n) is 4.95. The molecule has 0 unspecified atom stereocenters. The van der Waals surface area contributed by atoms with Gasteiger partial charge in [0.25, 0.3) is 0 Å². The van der Waals surface area contributed by atoms with E-state index in [4.69, 9.17) is 0 Å². The van der Waals surface area contributed by atoms with E-state index in [-0.39, 0.29) is 10.8 Å². The molecule has 4 aromatic rings. The van der Waals surface area contributed by atoms with Gasteiger partial charge in [0.2, 0.25) is 0 Å². The predicted octanol–water partition coefficient (Wildman–Crippen LogP) is 7.73. The van der Waals surface area contributed by atoms with Gasteiger partial charge in [0.15, 0.2) is 0 Å². The molecule has 0 radical (unpaired) electrons. The molecule has 0 amide bonds. The second-order valence-corrected chi connectivity index (χ2v) is 11.0. The molecule has 0 aliphatic rings. The van der Waals surface area contributed by atoms with E-state index < -0.39 is 0 Å². The quantitative estimate of drug-likeness (QED) is 0.280. The Bertz CT molecular complexity index is 1170. The summed E-state index contributed by atoms with van der Waals surface area (Å²) in [6.45, 7) is 8.87.